The van der Waals surface area contributed by atoms with Crippen molar-refractivity contribution in [3.63, 3.8) is 0 Å². The lowest BCUT2D eigenvalue weighted by Crippen LogP contribution is -2.46. The maximum absolute atomic E-state index is 12.0. The molecule has 1 saturated carbocycles. The van der Waals surface area contributed by atoms with Gasteiger partial charge in [0.1, 0.15) is 0 Å². The van der Waals surface area contributed by atoms with Crippen molar-refractivity contribution in [2.45, 2.75) is 25.0 Å². The summed E-state index contributed by atoms with van der Waals surface area (Å²) in [5.41, 5.74) is 1.37. The first-order valence-corrected chi connectivity index (χ1v) is 5.65. The molecule has 1 aliphatic carbocycles. The van der Waals surface area contributed by atoms with Gasteiger partial charge in [-0.05, 0) is 25.0 Å². The van der Waals surface area contributed by atoms with Gasteiger partial charge in [-0.25, -0.2) is 4.52 Å². The van der Waals surface area contributed by atoms with Crippen LogP contribution in [0.5, 0.6) is 0 Å². The third-order valence-corrected chi connectivity index (χ3v) is 3.12. The minimum absolute atomic E-state index is 0.0937. The van der Waals surface area contributed by atoms with Gasteiger partial charge >= 0.3 is 0 Å². The first kappa shape index (κ1) is 10.3. The predicted octanol–water partition coefficient (Wildman–Crippen LogP) is 0.587. The Balaban J connectivity index is 1.81. The number of carbonyl (C=O) groups excluding carboxylic acids is 1. The van der Waals surface area contributed by atoms with E-state index in [1.54, 1.807) is 16.9 Å². The molecule has 1 fully saturated rings. The zero-order chi connectivity index (χ0) is 11.8. The number of aliphatic hydroxyl groups is 1. The van der Waals surface area contributed by atoms with Gasteiger partial charge in [0, 0.05) is 12.2 Å². The number of carbonyl (C=O) groups is 1. The van der Waals surface area contributed by atoms with Crippen molar-refractivity contribution in [1.82, 2.24) is 14.9 Å². The summed E-state index contributed by atoms with van der Waals surface area (Å²) in [4.78, 5) is 12.0. The molecular formula is C12H13N3O2. The van der Waals surface area contributed by atoms with Gasteiger partial charge in [-0.2, -0.15) is 5.10 Å². The molecule has 0 atom stereocenters. The second-order valence-electron chi connectivity index (χ2n) is 4.38. The first-order valence-electron chi connectivity index (χ1n) is 5.65. The normalized spacial score (nSPS) is 23.4. The van der Waals surface area contributed by atoms with Gasteiger partial charge in [-0.1, -0.05) is 6.07 Å². The Labute approximate surface area is 98.1 Å². The predicted molar refractivity (Wildman–Crippen MR) is 61.7 cm³/mol. The summed E-state index contributed by atoms with van der Waals surface area (Å²) in [5.74, 6) is -0.122. The summed E-state index contributed by atoms with van der Waals surface area (Å²) >= 11 is 0. The average Bonchev–Trinajstić information content (AvgIpc) is 2.70. The largest absolute Gasteiger partial charge is 0.393 e. The van der Waals surface area contributed by atoms with E-state index in [1.807, 2.05) is 18.2 Å². The quantitative estimate of drug-likeness (QED) is 0.794. The van der Waals surface area contributed by atoms with E-state index < -0.39 is 0 Å². The van der Waals surface area contributed by atoms with Crippen molar-refractivity contribution in [3.05, 3.63) is 36.2 Å². The van der Waals surface area contributed by atoms with Gasteiger partial charge in [-0.3, -0.25) is 4.79 Å². The van der Waals surface area contributed by atoms with Crippen LogP contribution < -0.4 is 5.32 Å². The zero-order valence-electron chi connectivity index (χ0n) is 9.21. The molecule has 0 aliphatic heterocycles. The van der Waals surface area contributed by atoms with Gasteiger partial charge in [0.2, 0.25) is 0 Å². The van der Waals surface area contributed by atoms with Gasteiger partial charge in [0.15, 0.2) is 0 Å². The van der Waals surface area contributed by atoms with Crippen molar-refractivity contribution in [2.24, 2.45) is 0 Å². The maximum Gasteiger partial charge on any atom is 0.255 e. The van der Waals surface area contributed by atoms with Crippen LogP contribution in [0.25, 0.3) is 5.52 Å². The van der Waals surface area contributed by atoms with E-state index in [4.69, 9.17) is 5.11 Å². The van der Waals surface area contributed by atoms with Crippen molar-refractivity contribution < 1.29 is 9.90 Å². The van der Waals surface area contributed by atoms with E-state index in [9.17, 15) is 4.79 Å². The van der Waals surface area contributed by atoms with Crippen LogP contribution in [0.1, 0.15) is 23.2 Å². The van der Waals surface area contributed by atoms with Crippen LogP contribution in [0, 0.1) is 0 Å². The highest BCUT2D eigenvalue weighted by molar-refractivity contribution is 6.00. The smallest absolute Gasteiger partial charge is 0.255 e. The van der Waals surface area contributed by atoms with Gasteiger partial charge in [-0.15, -0.1) is 0 Å². The second-order valence-corrected chi connectivity index (χ2v) is 4.38. The molecule has 0 aromatic carbocycles. The highest BCUT2D eigenvalue weighted by atomic mass is 16.3. The Morgan fingerprint density at radius 3 is 3.06 bits per heavy atom. The third-order valence-electron chi connectivity index (χ3n) is 3.12. The van der Waals surface area contributed by atoms with Crippen LogP contribution in [0.3, 0.4) is 0 Å². The van der Waals surface area contributed by atoms with Gasteiger partial charge < -0.3 is 10.4 Å². The maximum atomic E-state index is 12.0. The number of hydrogen-bond acceptors (Lipinski definition) is 3. The Hall–Kier alpha value is -1.88. The number of nitrogens with one attached hydrogen (secondary N) is 1. The molecule has 0 saturated heterocycles. The number of hydrogen-bond donors (Lipinski definition) is 2. The van der Waals surface area contributed by atoms with Gasteiger partial charge in [0.25, 0.3) is 5.91 Å². The highest BCUT2D eigenvalue weighted by Crippen LogP contribution is 2.20. The van der Waals surface area contributed by atoms with Crippen LogP contribution in [-0.4, -0.2) is 32.8 Å². The first-order chi connectivity index (χ1) is 8.24. The van der Waals surface area contributed by atoms with Crippen molar-refractivity contribution in [1.29, 1.82) is 0 Å². The van der Waals surface area contributed by atoms with Gasteiger partial charge in [0.05, 0.1) is 23.4 Å². The summed E-state index contributed by atoms with van der Waals surface area (Å²) in [6.07, 6.45) is 4.40. The van der Waals surface area contributed by atoms with E-state index in [0.29, 0.717) is 18.4 Å². The van der Waals surface area contributed by atoms with E-state index in [1.165, 1.54) is 0 Å². The van der Waals surface area contributed by atoms with E-state index in [-0.39, 0.29) is 18.1 Å². The van der Waals surface area contributed by atoms with Crippen molar-refractivity contribution >= 4 is 11.4 Å². The van der Waals surface area contributed by atoms with Crippen LogP contribution >= 0.6 is 0 Å². The second kappa shape index (κ2) is 3.85. The molecule has 2 heterocycles. The summed E-state index contributed by atoms with van der Waals surface area (Å²) in [5, 5.41) is 16.2. The Kier molecular flexibility index (Phi) is 2.33. The Morgan fingerprint density at radius 1 is 1.47 bits per heavy atom. The molecule has 2 N–H and O–H groups in total. The molecule has 1 amide bonds. The Bertz CT molecular complexity index is 558. The number of aliphatic hydroxyl groups excluding tert-OH is 1. The van der Waals surface area contributed by atoms with Crippen LogP contribution in [0.15, 0.2) is 30.6 Å². The number of pyridine rings is 1. The highest BCUT2D eigenvalue weighted by Gasteiger charge is 2.29. The summed E-state index contributed by atoms with van der Waals surface area (Å²) in [7, 11) is 0. The van der Waals surface area contributed by atoms with Crippen molar-refractivity contribution in [2.75, 3.05) is 0 Å². The summed E-state index contributed by atoms with van der Waals surface area (Å²) in [6.45, 7) is 0. The number of amides is 1. The van der Waals surface area contributed by atoms with E-state index in [2.05, 4.69) is 10.4 Å². The molecule has 3 rings (SSSR count). The lowest BCUT2D eigenvalue weighted by molar-refractivity contribution is 0.0563. The molecule has 1 aliphatic rings. The SMILES string of the molecule is O=C(N[C@H]1C[C@H](O)C1)c1cnn2ccccc12. The fourth-order valence-electron chi connectivity index (χ4n) is 2.08. The number of fused-ring (bicyclic) bond motifs is 1. The summed E-state index contributed by atoms with van der Waals surface area (Å²) < 4.78 is 1.67. The van der Waals surface area contributed by atoms with E-state index >= 15 is 0 Å². The average molecular weight is 231 g/mol. The van der Waals surface area contributed by atoms with E-state index in [0.717, 1.165) is 5.52 Å². The zero-order valence-corrected chi connectivity index (χ0v) is 9.21. The third kappa shape index (κ3) is 1.78. The molecule has 0 unspecified atom stereocenters. The lowest BCUT2D eigenvalue weighted by atomic mass is 9.89. The minimum Gasteiger partial charge on any atom is -0.393 e. The molecule has 2 aromatic rings. The topological polar surface area (TPSA) is 66.6 Å². The molecular weight excluding hydrogens is 218 g/mol. The molecule has 2 aromatic heterocycles. The fraction of sp³-hybridized carbons (Fsp3) is 0.333. The molecule has 88 valence electrons. The number of aromatic nitrogens is 2. The fourth-order valence-corrected chi connectivity index (χ4v) is 2.08. The molecule has 5 nitrogen and oxygen atoms in total. The Morgan fingerprint density at radius 2 is 2.29 bits per heavy atom. The molecule has 0 spiro atoms. The monoisotopic (exact) mass is 231 g/mol. The molecule has 0 bridgehead atoms. The standard InChI is InChI=1S/C12H13N3O2/c16-9-5-8(6-9)14-12(17)10-7-13-15-4-2-1-3-11(10)15/h1-4,7-9,16H,5-6H2,(H,14,17)/t8-,9-. The summed E-state index contributed by atoms with van der Waals surface area (Å²) in [6, 6.07) is 5.69. The molecule has 17 heavy (non-hydrogen) atoms. The lowest BCUT2D eigenvalue weighted by Gasteiger charge is -2.31. The van der Waals surface area contributed by atoms with Crippen LogP contribution in [0.4, 0.5) is 0 Å². The van der Waals surface area contributed by atoms with Crippen LogP contribution in [-0.2, 0) is 0 Å². The van der Waals surface area contributed by atoms with Crippen LogP contribution in [0.2, 0.25) is 0 Å². The molecule has 5 heteroatoms. The molecule has 0 radical (unpaired) electrons. The number of nitrogens with zero attached hydrogens (tertiary/aromatic N) is 2. The number of rotatable bonds is 2. The minimum atomic E-state index is -0.260. The van der Waals surface area contributed by atoms with Crippen molar-refractivity contribution in [3.8, 4) is 0 Å².